The average molecular weight is 440 g/mol. The number of carbonyl (C=O) groups excluding carboxylic acids is 1. The summed E-state index contributed by atoms with van der Waals surface area (Å²) >= 11 is 0. The summed E-state index contributed by atoms with van der Waals surface area (Å²) in [4.78, 5) is 21.8. The van der Waals surface area contributed by atoms with Crippen LogP contribution >= 0.6 is 0 Å². The van der Waals surface area contributed by atoms with Crippen LogP contribution in [0.1, 0.15) is 11.3 Å². The Hall–Kier alpha value is -4.64. The van der Waals surface area contributed by atoms with Crippen molar-refractivity contribution in [2.45, 2.75) is 0 Å². The molecule has 2 aromatic heterocycles. The van der Waals surface area contributed by atoms with Crippen LogP contribution in [0.5, 0.6) is 0 Å². The summed E-state index contributed by atoms with van der Waals surface area (Å²) in [5.74, 6) is 0. The van der Waals surface area contributed by atoms with Crippen molar-refractivity contribution >= 4 is 28.7 Å². The van der Waals surface area contributed by atoms with Crippen molar-refractivity contribution in [3.8, 4) is 17.2 Å². The Morgan fingerprint density at radius 2 is 1.79 bits per heavy atom. The molecule has 3 N–H and O–H groups in total. The fourth-order valence-electron chi connectivity index (χ4n) is 3.04. The summed E-state index contributed by atoms with van der Waals surface area (Å²) in [7, 11) is 5.19. The van der Waals surface area contributed by atoms with Gasteiger partial charge in [0.1, 0.15) is 11.8 Å². The molecule has 3 rings (SSSR count). The van der Waals surface area contributed by atoms with Gasteiger partial charge in [-0.05, 0) is 41.5 Å². The minimum absolute atomic E-state index is 0.229. The lowest BCUT2D eigenvalue weighted by atomic mass is 9.97. The van der Waals surface area contributed by atoms with Gasteiger partial charge in [-0.3, -0.25) is 4.98 Å². The molecule has 33 heavy (non-hydrogen) atoms. The highest BCUT2D eigenvalue weighted by Crippen LogP contribution is 2.33. The predicted octanol–water partition coefficient (Wildman–Crippen LogP) is 4.79. The van der Waals surface area contributed by atoms with Crippen LogP contribution in [0.2, 0.25) is 0 Å². The number of anilines is 3. The van der Waals surface area contributed by atoms with Gasteiger partial charge in [-0.25, -0.2) is 9.78 Å². The third kappa shape index (κ3) is 5.54. The maximum absolute atomic E-state index is 12.0. The van der Waals surface area contributed by atoms with Gasteiger partial charge in [0.15, 0.2) is 0 Å². The van der Waals surface area contributed by atoms with Crippen molar-refractivity contribution in [3.63, 3.8) is 0 Å². The van der Waals surface area contributed by atoms with Crippen LogP contribution in [0.15, 0.2) is 73.8 Å². The molecule has 0 saturated carbocycles. The number of nitrogens with one attached hydrogen (secondary N) is 3. The van der Waals surface area contributed by atoms with Crippen molar-refractivity contribution in [3.05, 3.63) is 85.1 Å². The van der Waals surface area contributed by atoms with E-state index >= 15 is 0 Å². The predicted molar refractivity (Wildman–Crippen MR) is 133 cm³/mol. The van der Waals surface area contributed by atoms with Crippen LogP contribution in [-0.2, 0) is 0 Å². The minimum Gasteiger partial charge on any atom is -0.388 e. The molecule has 0 unspecified atom stereocenters. The first-order valence-corrected chi connectivity index (χ1v) is 10.1. The lowest BCUT2D eigenvalue weighted by molar-refractivity contribution is 0.230. The Labute approximate surface area is 193 Å². The zero-order valence-electron chi connectivity index (χ0n) is 18.8. The van der Waals surface area contributed by atoms with E-state index in [2.05, 4.69) is 39.1 Å². The van der Waals surface area contributed by atoms with E-state index in [0.29, 0.717) is 28.3 Å². The molecular weight excluding hydrogens is 414 g/mol. The smallest absolute Gasteiger partial charge is 0.321 e. The van der Waals surface area contributed by atoms with E-state index in [9.17, 15) is 4.79 Å². The number of nitrogens with zero attached hydrogens (tertiary/aromatic N) is 4. The van der Waals surface area contributed by atoms with Crippen molar-refractivity contribution in [2.24, 2.45) is 0 Å². The summed E-state index contributed by atoms with van der Waals surface area (Å²) in [6.45, 7) is 8.34. The number of amides is 2. The Bertz CT molecular complexity index is 1240. The van der Waals surface area contributed by atoms with Gasteiger partial charge in [-0.1, -0.05) is 19.2 Å². The van der Waals surface area contributed by atoms with Gasteiger partial charge in [0, 0.05) is 49.9 Å². The first-order valence-electron chi connectivity index (χ1n) is 10.1. The van der Waals surface area contributed by atoms with Gasteiger partial charge < -0.3 is 20.9 Å². The fraction of sp³-hybridized carbons (Fsp3) is 0.120. The molecule has 1 aromatic carbocycles. The summed E-state index contributed by atoms with van der Waals surface area (Å²) in [6.07, 6.45) is 4.91. The van der Waals surface area contributed by atoms with Gasteiger partial charge in [0.25, 0.3) is 0 Å². The lowest BCUT2D eigenvalue weighted by Crippen LogP contribution is -2.27. The van der Waals surface area contributed by atoms with Crippen LogP contribution < -0.4 is 16.0 Å². The molecule has 0 bridgehead atoms. The topological polar surface area (TPSA) is 106 Å². The number of benzene rings is 1. The fourth-order valence-corrected chi connectivity index (χ4v) is 3.04. The third-order valence-corrected chi connectivity index (χ3v) is 4.88. The maximum atomic E-state index is 12.0. The standard InChI is InChI=1S/C25H25N7O/c1-16(17(2)30-21-8-7-20(12-26)29-15-21)23-11-18(6-9-24(23)27-3)19-10-22(14-28-13-19)31-25(33)32(4)5/h6-11,13-15,27,30H,1-2H2,3-5H3,(H,31,33). The molecule has 0 aliphatic carbocycles. The Kier molecular flexibility index (Phi) is 7.06. The Morgan fingerprint density at radius 1 is 1.00 bits per heavy atom. The maximum Gasteiger partial charge on any atom is 0.321 e. The minimum atomic E-state index is -0.229. The number of hydrogen-bond donors (Lipinski definition) is 3. The summed E-state index contributed by atoms with van der Waals surface area (Å²) in [5.41, 5.74) is 6.43. The van der Waals surface area contributed by atoms with Crippen molar-refractivity contribution < 1.29 is 4.79 Å². The zero-order valence-corrected chi connectivity index (χ0v) is 18.8. The van der Waals surface area contributed by atoms with Gasteiger partial charge in [0.05, 0.1) is 23.8 Å². The molecule has 0 spiro atoms. The average Bonchev–Trinajstić information content (AvgIpc) is 2.83. The molecule has 0 saturated heterocycles. The SMILES string of the molecule is C=C(Nc1ccc(C#N)nc1)C(=C)c1cc(-c2cncc(NC(=O)N(C)C)c2)ccc1NC. The number of aromatic nitrogens is 2. The van der Waals surface area contributed by atoms with Crippen LogP contribution in [0.4, 0.5) is 21.9 Å². The Balaban J connectivity index is 1.87. The molecule has 0 aliphatic heterocycles. The summed E-state index contributed by atoms with van der Waals surface area (Å²) < 4.78 is 0. The van der Waals surface area contributed by atoms with Gasteiger partial charge in [-0.2, -0.15) is 5.26 Å². The normalized spacial score (nSPS) is 10.0. The van der Waals surface area contributed by atoms with Gasteiger partial charge in [-0.15, -0.1) is 0 Å². The molecule has 2 amide bonds. The number of urea groups is 1. The van der Waals surface area contributed by atoms with E-state index in [1.165, 1.54) is 4.90 Å². The zero-order chi connectivity index (χ0) is 24.0. The van der Waals surface area contributed by atoms with Gasteiger partial charge >= 0.3 is 6.03 Å². The molecule has 8 heteroatoms. The first-order chi connectivity index (χ1) is 15.8. The highest BCUT2D eigenvalue weighted by atomic mass is 16.2. The van der Waals surface area contributed by atoms with Crippen LogP contribution in [0.25, 0.3) is 16.7 Å². The molecule has 166 valence electrons. The molecule has 3 aromatic rings. The van der Waals surface area contributed by atoms with E-state index in [1.54, 1.807) is 44.8 Å². The van der Waals surface area contributed by atoms with Crippen molar-refractivity contribution in [2.75, 3.05) is 37.1 Å². The second-order valence-electron chi connectivity index (χ2n) is 7.42. The second-order valence-corrected chi connectivity index (χ2v) is 7.42. The van der Waals surface area contributed by atoms with Crippen LogP contribution in [-0.4, -0.2) is 42.0 Å². The quantitative estimate of drug-likeness (QED) is 0.457. The Morgan fingerprint density at radius 3 is 2.42 bits per heavy atom. The van der Waals surface area contributed by atoms with Gasteiger partial charge in [0.2, 0.25) is 0 Å². The lowest BCUT2D eigenvalue weighted by Gasteiger charge is -2.17. The number of carbonyl (C=O) groups is 1. The third-order valence-electron chi connectivity index (χ3n) is 4.88. The monoisotopic (exact) mass is 439 g/mol. The molecule has 0 fully saturated rings. The summed E-state index contributed by atoms with van der Waals surface area (Å²) in [5, 5.41) is 18.1. The van der Waals surface area contributed by atoms with E-state index in [0.717, 1.165) is 22.4 Å². The molecular formula is C25H25N7O. The molecule has 0 radical (unpaired) electrons. The van der Waals surface area contributed by atoms with E-state index < -0.39 is 0 Å². The summed E-state index contributed by atoms with van der Waals surface area (Å²) in [6, 6.07) is 12.9. The van der Waals surface area contributed by atoms with Crippen LogP contribution in [0.3, 0.4) is 0 Å². The van der Waals surface area contributed by atoms with E-state index in [-0.39, 0.29) is 6.03 Å². The molecule has 0 aliphatic rings. The largest absolute Gasteiger partial charge is 0.388 e. The number of hydrogen-bond acceptors (Lipinski definition) is 6. The number of allylic oxidation sites excluding steroid dienone is 1. The number of pyridine rings is 2. The van der Waals surface area contributed by atoms with Crippen molar-refractivity contribution in [1.29, 1.82) is 5.26 Å². The van der Waals surface area contributed by atoms with Crippen molar-refractivity contribution in [1.82, 2.24) is 14.9 Å². The molecule has 0 atom stereocenters. The highest BCUT2D eigenvalue weighted by Gasteiger charge is 2.12. The first kappa shape index (κ1) is 23.0. The molecule has 2 heterocycles. The number of rotatable bonds is 7. The number of nitriles is 1. The molecule has 8 nitrogen and oxygen atoms in total. The second kappa shape index (κ2) is 10.1. The highest BCUT2D eigenvalue weighted by molar-refractivity contribution is 5.91. The van der Waals surface area contributed by atoms with E-state index in [4.69, 9.17) is 5.26 Å². The van der Waals surface area contributed by atoms with Crippen LogP contribution in [0, 0.1) is 11.3 Å². The van der Waals surface area contributed by atoms with E-state index in [1.807, 2.05) is 37.4 Å².